The fourth-order valence-electron chi connectivity index (χ4n) is 0.772. The Bertz CT molecular complexity index is 257. The number of rotatable bonds is 10. The molecule has 0 radical (unpaired) electrons. The van der Waals surface area contributed by atoms with E-state index in [-0.39, 0.29) is 6.61 Å². The van der Waals surface area contributed by atoms with Crippen molar-refractivity contribution in [1.29, 1.82) is 0 Å². The van der Waals surface area contributed by atoms with Crippen molar-refractivity contribution in [3.63, 3.8) is 0 Å². The molecule has 0 heterocycles. The molecule has 0 spiro atoms. The van der Waals surface area contributed by atoms with Gasteiger partial charge in [-0.3, -0.25) is 8.74 Å². The molecule has 0 aromatic heterocycles. The van der Waals surface area contributed by atoms with E-state index in [4.69, 9.17) is 9.81 Å². The summed E-state index contributed by atoms with van der Waals surface area (Å²) in [6.07, 6.45) is 0.138. The van der Waals surface area contributed by atoms with E-state index in [1.165, 1.54) is 0 Å². The van der Waals surface area contributed by atoms with Crippen LogP contribution in [0.25, 0.3) is 0 Å². The van der Waals surface area contributed by atoms with Crippen LogP contribution in [-0.2, 0) is 28.1 Å². The molecule has 0 aliphatic heterocycles. The van der Waals surface area contributed by atoms with Crippen molar-refractivity contribution in [2.75, 3.05) is 11.9 Å². The Balaban J connectivity index is 3.90. The zero-order valence-corrected chi connectivity index (χ0v) is 11.2. The van der Waals surface area contributed by atoms with Gasteiger partial charge >= 0.3 is 10.4 Å². The first-order chi connectivity index (χ1) is 7.49. The van der Waals surface area contributed by atoms with Gasteiger partial charge in [0.25, 0.3) is 0 Å². The first-order valence-corrected chi connectivity index (χ1v) is 7.13. The molecule has 1 unspecified atom stereocenters. The fraction of sp³-hybridized carbons (Fsp3) is 1.00. The molecule has 0 saturated carbocycles. The molecule has 16 heavy (non-hydrogen) atoms. The molecule has 0 rings (SSSR count). The van der Waals surface area contributed by atoms with Crippen molar-refractivity contribution in [3.05, 3.63) is 0 Å². The Morgan fingerprint density at radius 3 is 2.62 bits per heavy atom. The van der Waals surface area contributed by atoms with Gasteiger partial charge in [0, 0.05) is 5.33 Å². The van der Waals surface area contributed by atoms with Crippen LogP contribution in [-0.4, -0.2) is 36.3 Å². The SMILES string of the molecule is O=S(=O)(O)OC(CCCBr)COSOOO. The van der Waals surface area contributed by atoms with Gasteiger partial charge in [0.2, 0.25) is 0 Å². The standard InChI is InChI=1S/C5H11BrO8S2/c6-3-1-2-5(12-16(8,9)10)4-11-15-14-13-7/h5,7H,1-4H2,(H,8,9,10). The highest BCUT2D eigenvalue weighted by molar-refractivity contribution is 9.09. The Hall–Kier alpha value is 0.540. The monoisotopic (exact) mass is 342 g/mol. The summed E-state index contributed by atoms with van der Waals surface area (Å²) in [5.41, 5.74) is 0. The Morgan fingerprint density at radius 1 is 1.44 bits per heavy atom. The lowest BCUT2D eigenvalue weighted by Crippen LogP contribution is -2.22. The largest absolute Gasteiger partial charge is 0.397 e. The van der Waals surface area contributed by atoms with E-state index in [1.807, 2.05) is 0 Å². The highest BCUT2D eigenvalue weighted by Crippen LogP contribution is 2.12. The van der Waals surface area contributed by atoms with Gasteiger partial charge in [0.1, 0.15) is 6.10 Å². The maximum absolute atomic E-state index is 10.5. The van der Waals surface area contributed by atoms with Crippen molar-refractivity contribution < 1.29 is 36.0 Å². The van der Waals surface area contributed by atoms with E-state index < -0.39 is 16.5 Å². The molecule has 98 valence electrons. The lowest BCUT2D eigenvalue weighted by atomic mass is 10.2. The predicted octanol–water partition coefficient (Wildman–Crippen LogP) is 1.35. The van der Waals surface area contributed by atoms with Crippen molar-refractivity contribution in [1.82, 2.24) is 0 Å². The second kappa shape index (κ2) is 9.56. The second-order valence-electron chi connectivity index (χ2n) is 2.47. The summed E-state index contributed by atoms with van der Waals surface area (Å²) in [6.45, 7) is -0.166. The van der Waals surface area contributed by atoms with Gasteiger partial charge in [-0.25, -0.2) is 9.44 Å². The van der Waals surface area contributed by atoms with Crippen molar-refractivity contribution >= 4 is 38.7 Å². The van der Waals surface area contributed by atoms with E-state index in [1.54, 1.807) is 0 Å². The van der Waals surface area contributed by atoms with Gasteiger partial charge in [-0.1, -0.05) is 21.0 Å². The summed E-state index contributed by atoms with van der Waals surface area (Å²) in [6, 6.07) is 0. The minimum atomic E-state index is -4.52. The van der Waals surface area contributed by atoms with Crippen LogP contribution in [0.5, 0.6) is 0 Å². The van der Waals surface area contributed by atoms with E-state index in [9.17, 15) is 8.42 Å². The zero-order valence-electron chi connectivity index (χ0n) is 7.94. The van der Waals surface area contributed by atoms with Crippen molar-refractivity contribution in [2.45, 2.75) is 18.9 Å². The molecule has 0 aliphatic carbocycles. The van der Waals surface area contributed by atoms with Gasteiger partial charge < -0.3 is 0 Å². The molecule has 11 heteroatoms. The van der Waals surface area contributed by atoms with Gasteiger partial charge in [-0.15, -0.1) is 4.33 Å². The zero-order chi connectivity index (χ0) is 12.4. The molecule has 1 atom stereocenters. The minimum Gasteiger partial charge on any atom is -0.286 e. The Morgan fingerprint density at radius 2 is 2.12 bits per heavy atom. The lowest BCUT2D eigenvalue weighted by molar-refractivity contribution is -0.434. The molecule has 0 amide bonds. The highest BCUT2D eigenvalue weighted by atomic mass is 79.9. The summed E-state index contributed by atoms with van der Waals surface area (Å²) in [4.78, 5) is 0. The summed E-state index contributed by atoms with van der Waals surface area (Å²) >= 11 is 3.46. The number of hydrogen-bond acceptors (Lipinski definition) is 8. The van der Waals surface area contributed by atoms with Crippen LogP contribution in [0.3, 0.4) is 0 Å². The summed E-state index contributed by atoms with van der Waals surface area (Å²) in [5, 5.41) is 11.6. The second-order valence-corrected chi connectivity index (χ2v) is 4.82. The lowest BCUT2D eigenvalue weighted by Gasteiger charge is -2.13. The van der Waals surface area contributed by atoms with Crippen LogP contribution in [0.4, 0.5) is 0 Å². The number of halogens is 1. The fourth-order valence-corrected chi connectivity index (χ4v) is 1.86. The smallest absolute Gasteiger partial charge is 0.286 e. The first-order valence-electron chi connectivity index (χ1n) is 3.97. The van der Waals surface area contributed by atoms with Gasteiger partial charge in [-0.05, 0) is 12.8 Å². The van der Waals surface area contributed by atoms with Crippen LogP contribution in [0.15, 0.2) is 0 Å². The normalized spacial score (nSPS) is 13.9. The van der Waals surface area contributed by atoms with E-state index >= 15 is 0 Å². The van der Waals surface area contributed by atoms with Crippen LogP contribution in [0.2, 0.25) is 0 Å². The van der Waals surface area contributed by atoms with Crippen LogP contribution in [0.1, 0.15) is 12.8 Å². The minimum absolute atomic E-state index is 0.166. The Labute approximate surface area is 106 Å². The third-order valence-electron chi connectivity index (χ3n) is 1.28. The molecular weight excluding hydrogens is 332 g/mol. The summed E-state index contributed by atoms with van der Waals surface area (Å²) in [7, 11) is -4.52. The quantitative estimate of drug-likeness (QED) is 0.152. The van der Waals surface area contributed by atoms with Crippen LogP contribution in [0, 0.1) is 0 Å². The average Bonchev–Trinajstić information content (AvgIpc) is 2.18. The third kappa shape index (κ3) is 11.0. The molecule has 0 saturated heterocycles. The van der Waals surface area contributed by atoms with E-state index in [2.05, 4.69) is 33.7 Å². The van der Waals surface area contributed by atoms with Crippen LogP contribution >= 0.6 is 28.3 Å². The topological polar surface area (TPSA) is 112 Å². The molecule has 0 aromatic carbocycles. The van der Waals surface area contributed by atoms with Crippen molar-refractivity contribution in [2.24, 2.45) is 0 Å². The first kappa shape index (κ1) is 16.5. The molecule has 0 aliphatic rings. The molecule has 0 fully saturated rings. The maximum atomic E-state index is 10.5. The van der Waals surface area contributed by atoms with Crippen LogP contribution < -0.4 is 0 Å². The summed E-state index contributed by atoms with van der Waals surface area (Å²) < 4.78 is 42.3. The van der Waals surface area contributed by atoms with Gasteiger partial charge in [0.05, 0.1) is 6.61 Å². The van der Waals surface area contributed by atoms with E-state index in [0.29, 0.717) is 30.5 Å². The molecule has 2 N–H and O–H groups in total. The average molecular weight is 343 g/mol. The predicted molar refractivity (Wildman–Crippen MR) is 57.8 cm³/mol. The molecule has 8 nitrogen and oxygen atoms in total. The van der Waals surface area contributed by atoms with Crippen molar-refractivity contribution in [3.8, 4) is 0 Å². The highest BCUT2D eigenvalue weighted by Gasteiger charge is 2.17. The number of alkyl halides is 1. The Kier molecular flexibility index (Phi) is 9.88. The van der Waals surface area contributed by atoms with Gasteiger partial charge in [0.15, 0.2) is 12.3 Å². The summed E-state index contributed by atoms with van der Waals surface area (Å²) in [5.74, 6) is 0. The van der Waals surface area contributed by atoms with Gasteiger partial charge in [-0.2, -0.15) is 8.42 Å². The molecular formula is C5H11BrO8S2. The third-order valence-corrected chi connectivity index (χ3v) is 2.70. The molecule has 0 bridgehead atoms. The van der Waals surface area contributed by atoms with E-state index in [0.717, 1.165) is 0 Å². The maximum Gasteiger partial charge on any atom is 0.397 e. The molecule has 0 aromatic rings. The number of hydrogen-bond donors (Lipinski definition) is 2.